The van der Waals surface area contributed by atoms with E-state index in [4.69, 9.17) is 14.2 Å². The normalized spacial score (nSPS) is 14.3. The molecule has 1 aliphatic rings. The lowest BCUT2D eigenvalue weighted by Gasteiger charge is -2.14. The average molecular weight is 795 g/mol. The summed E-state index contributed by atoms with van der Waals surface area (Å²) < 4.78 is 20.8. The van der Waals surface area contributed by atoms with Crippen LogP contribution in [0.2, 0.25) is 0 Å². The standard InChI is InChI=1S/C24H15Br2I2NO4/c1-31-21-10-14(8-19(28)22(21)32-12-13-3-2-4-16(25)7-13)9-20-24(30)33-23(29-20)15-5-6-18(27)17(26)11-15/h2-11H,12H2,1H3/b20-9-. The zero-order valence-electron chi connectivity index (χ0n) is 17.1. The summed E-state index contributed by atoms with van der Waals surface area (Å²) in [5.74, 6) is 0.991. The average Bonchev–Trinajstić information content (AvgIpc) is 3.14. The summed E-state index contributed by atoms with van der Waals surface area (Å²) in [6.07, 6.45) is 1.68. The molecule has 4 rings (SSSR count). The second-order valence-electron chi connectivity index (χ2n) is 6.92. The van der Waals surface area contributed by atoms with Crippen molar-refractivity contribution in [2.24, 2.45) is 4.99 Å². The molecule has 0 saturated carbocycles. The van der Waals surface area contributed by atoms with E-state index in [9.17, 15) is 4.79 Å². The molecule has 0 fully saturated rings. The highest BCUT2D eigenvalue weighted by Crippen LogP contribution is 2.36. The first-order valence-corrected chi connectivity index (χ1v) is 13.3. The van der Waals surface area contributed by atoms with Gasteiger partial charge in [0.15, 0.2) is 17.2 Å². The lowest BCUT2D eigenvalue weighted by Crippen LogP contribution is -2.05. The first-order valence-electron chi connectivity index (χ1n) is 9.57. The number of nitrogens with zero attached hydrogens (tertiary/aromatic N) is 1. The van der Waals surface area contributed by atoms with Gasteiger partial charge in [-0.15, -0.1) is 0 Å². The molecule has 0 amide bonds. The van der Waals surface area contributed by atoms with Crippen LogP contribution in [0.3, 0.4) is 0 Å². The summed E-state index contributed by atoms with van der Waals surface area (Å²) in [6, 6.07) is 17.3. The van der Waals surface area contributed by atoms with Crippen molar-refractivity contribution in [3.8, 4) is 11.5 Å². The molecule has 3 aromatic rings. The Morgan fingerprint density at radius 1 is 1.06 bits per heavy atom. The number of methoxy groups -OCH3 is 1. The van der Waals surface area contributed by atoms with Crippen LogP contribution in [0.15, 0.2) is 74.2 Å². The van der Waals surface area contributed by atoms with Gasteiger partial charge >= 0.3 is 5.97 Å². The molecular formula is C24H15Br2I2NO4. The molecule has 0 atom stereocenters. The lowest BCUT2D eigenvalue weighted by atomic mass is 10.1. The number of rotatable bonds is 6. The third-order valence-electron chi connectivity index (χ3n) is 4.61. The van der Waals surface area contributed by atoms with Crippen LogP contribution in [0.1, 0.15) is 16.7 Å². The summed E-state index contributed by atoms with van der Waals surface area (Å²) in [4.78, 5) is 16.8. The van der Waals surface area contributed by atoms with Crippen LogP contribution in [0.5, 0.6) is 11.5 Å². The number of aliphatic imine (C=N–C) groups is 1. The van der Waals surface area contributed by atoms with E-state index in [1.165, 1.54) is 0 Å². The quantitative estimate of drug-likeness (QED) is 0.149. The Hall–Kier alpha value is -1.44. The van der Waals surface area contributed by atoms with Crippen LogP contribution in [0.25, 0.3) is 6.08 Å². The van der Waals surface area contributed by atoms with Gasteiger partial charge in [-0.1, -0.05) is 28.1 Å². The Kier molecular flexibility index (Phi) is 8.13. The van der Waals surface area contributed by atoms with Crippen molar-refractivity contribution in [2.45, 2.75) is 6.61 Å². The van der Waals surface area contributed by atoms with Crippen molar-refractivity contribution in [3.05, 3.63) is 93.1 Å². The molecule has 0 saturated heterocycles. The number of benzene rings is 3. The molecule has 0 spiro atoms. The second-order valence-corrected chi connectivity index (χ2v) is 11.0. The minimum Gasteiger partial charge on any atom is -0.493 e. The van der Waals surface area contributed by atoms with Crippen LogP contribution in [0.4, 0.5) is 0 Å². The van der Waals surface area contributed by atoms with Gasteiger partial charge in [-0.25, -0.2) is 9.79 Å². The summed E-state index contributed by atoms with van der Waals surface area (Å²) >= 11 is 11.4. The molecule has 3 aromatic carbocycles. The van der Waals surface area contributed by atoms with Gasteiger partial charge in [0, 0.05) is 18.1 Å². The van der Waals surface area contributed by atoms with E-state index in [0.29, 0.717) is 18.1 Å². The SMILES string of the molecule is COc1cc(/C=C2\N=C(c3ccc(I)c(Br)c3)OC2=O)cc(I)c1OCc1cccc(Br)c1. The van der Waals surface area contributed by atoms with Gasteiger partial charge in [0.25, 0.3) is 0 Å². The lowest BCUT2D eigenvalue weighted by molar-refractivity contribution is -0.129. The van der Waals surface area contributed by atoms with Crippen molar-refractivity contribution in [1.29, 1.82) is 0 Å². The number of hydrogen-bond acceptors (Lipinski definition) is 5. The van der Waals surface area contributed by atoms with E-state index in [2.05, 4.69) is 82.0 Å². The highest BCUT2D eigenvalue weighted by atomic mass is 127. The zero-order valence-corrected chi connectivity index (χ0v) is 24.6. The minimum atomic E-state index is -0.497. The number of ether oxygens (including phenoxy) is 3. The summed E-state index contributed by atoms with van der Waals surface area (Å²) in [6.45, 7) is 0.401. The molecule has 1 aliphatic heterocycles. The fraction of sp³-hybridized carbons (Fsp3) is 0.0833. The van der Waals surface area contributed by atoms with Gasteiger partial charge in [0.05, 0.1) is 10.7 Å². The van der Waals surface area contributed by atoms with Crippen molar-refractivity contribution < 1.29 is 19.0 Å². The van der Waals surface area contributed by atoms with Crippen LogP contribution < -0.4 is 9.47 Å². The van der Waals surface area contributed by atoms with Crippen molar-refractivity contribution in [2.75, 3.05) is 7.11 Å². The number of carbonyl (C=O) groups excluding carboxylic acids is 1. The molecule has 0 aliphatic carbocycles. The third kappa shape index (κ3) is 5.98. The second kappa shape index (κ2) is 10.9. The molecule has 5 nitrogen and oxygen atoms in total. The van der Waals surface area contributed by atoms with Crippen molar-refractivity contribution in [3.63, 3.8) is 0 Å². The molecule has 0 radical (unpaired) electrons. The maximum Gasteiger partial charge on any atom is 0.363 e. The summed E-state index contributed by atoms with van der Waals surface area (Å²) in [5.41, 5.74) is 2.74. The fourth-order valence-corrected chi connectivity index (χ4v) is 5.01. The molecule has 168 valence electrons. The molecule has 33 heavy (non-hydrogen) atoms. The third-order valence-corrected chi connectivity index (χ3v) is 8.25. The predicted molar refractivity (Wildman–Crippen MR) is 152 cm³/mol. The number of esters is 1. The maximum atomic E-state index is 12.4. The number of cyclic esters (lactones) is 1. The van der Waals surface area contributed by atoms with Gasteiger partial charge in [0.1, 0.15) is 6.61 Å². The Morgan fingerprint density at radius 2 is 1.88 bits per heavy atom. The minimum absolute atomic E-state index is 0.223. The van der Waals surface area contributed by atoms with E-state index >= 15 is 0 Å². The van der Waals surface area contributed by atoms with E-state index in [0.717, 1.165) is 32.8 Å². The first kappa shape index (κ1) is 24.7. The van der Waals surface area contributed by atoms with E-state index < -0.39 is 5.97 Å². The fourth-order valence-electron chi connectivity index (χ4n) is 3.07. The van der Waals surface area contributed by atoms with Crippen LogP contribution >= 0.6 is 77.0 Å². The van der Waals surface area contributed by atoms with Crippen LogP contribution in [-0.4, -0.2) is 19.0 Å². The largest absolute Gasteiger partial charge is 0.493 e. The van der Waals surface area contributed by atoms with E-state index in [1.54, 1.807) is 13.2 Å². The maximum absolute atomic E-state index is 12.4. The molecule has 9 heteroatoms. The smallest absolute Gasteiger partial charge is 0.363 e. The van der Waals surface area contributed by atoms with Gasteiger partial charge < -0.3 is 14.2 Å². The Morgan fingerprint density at radius 3 is 2.61 bits per heavy atom. The summed E-state index contributed by atoms with van der Waals surface area (Å²) in [5, 5.41) is 0. The molecule has 0 unspecified atom stereocenters. The topological polar surface area (TPSA) is 57.1 Å². The first-order chi connectivity index (χ1) is 15.8. The zero-order chi connectivity index (χ0) is 23.5. The van der Waals surface area contributed by atoms with Gasteiger partial charge in [-0.05, 0) is 121 Å². The highest BCUT2D eigenvalue weighted by molar-refractivity contribution is 14.1. The number of hydrogen-bond donors (Lipinski definition) is 0. The monoisotopic (exact) mass is 793 g/mol. The van der Waals surface area contributed by atoms with Crippen molar-refractivity contribution in [1.82, 2.24) is 0 Å². The van der Waals surface area contributed by atoms with E-state index in [1.807, 2.05) is 54.6 Å². The number of carbonyl (C=O) groups is 1. The van der Waals surface area contributed by atoms with Crippen LogP contribution in [0, 0.1) is 7.14 Å². The van der Waals surface area contributed by atoms with Gasteiger partial charge in [-0.3, -0.25) is 0 Å². The molecule has 1 heterocycles. The van der Waals surface area contributed by atoms with Gasteiger partial charge in [0.2, 0.25) is 5.90 Å². The molecule has 0 bridgehead atoms. The summed E-state index contributed by atoms with van der Waals surface area (Å²) in [7, 11) is 1.59. The van der Waals surface area contributed by atoms with Gasteiger partial charge in [-0.2, -0.15) is 0 Å². The van der Waals surface area contributed by atoms with E-state index in [-0.39, 0.29) is 11.6 Å². The Labute approximate surface area is 235 Å². The molecular weight excluding hydrogens is 780 g/mol. The predicted octanol–water partition coefficient (Wildman–Crippen LogP) is 7.35. The Balaban J connectivity index is 1.59. The van der Waals surface area contributed by atoms with Crippen molar-refractivity contribution >= 4 is 95.0 Å². The highest BCUT2D eigenvalue weighted by Gasteiger charge is 2.25. The van der Waals surface area contributed by atoms with Crippen LogP contribution in [-0.2, 0) is 16.1 Å². The molecule has 0 aromatic heterocycles. The number of halogens is 4. The molecule has 0 N–H and O–H groups in total. The Bertz CT molecular complexity index is 1310.